The highest BCUT2D eigenvalue weighted by Crippen LogP contribution is 2.17. The third-order valence-electron chi connectivity index (χ3n) is 2.67. The van der Waals surface area contributed by atoms with Gasteiger partial charge in [0.15, 0.2) is 0 Å². The van der Waals surface area contributed by atoms with Crippen molar-refractivity contribution >= 4 is 23.7 Å². The molecule has 0 aliphatic rings. The van der Waals surface area contributed by atoms with Crippen LogP contribution in [-0.2, 0) is 11.5 Å². The normalized spacial score (nSPS) is 10.1. The number of nitrogens with zero attached hydrogens (tertiary/aromatic N) is 5. The number of benzene rings is 1. The summed E-state index contributed by atoms with van der Waals surface area (Å²) >= 11 is 1.69. The number of rotatable bonds is 5. The summed E-state index contributed by atoms with van der Waals surface area (Å²) in [6.07, 6.45) is 0. The lowest BCUT2D eigenvalue weighted by Gasteiger charge is -2.11. The van der Waals surface area contributed by atoms with Gasteiger partial charge in [-0.1, -0.05) is 12.1 Å². The van der Waals surface area contributed by atoms with Gasteiger partial charge in [0.2, 0.25) is 11.9 Å². The maximum absolute atomic E-state index is 8.76. The summed E-state index contributed by atoms with van der Waals surface area (Å²) in [6.45, 7) is 0. The standard InChI is InChI=1S/C14H16N6S/c1-20(2)14-18-12(17-13(16)19-14)9-21-8-11-5-3-10(7-15)4-6-11/h3-6H,8-9H2,1-2H3,(H2,16,17,18,19). The van der Waals surface area contributed by atoms with Crippen LogP contribution in [0.5, 0.6) is 0 Å². The lowest BCUT2D eigenvalue weighted by molar-refractivity contribution is 0.919. The maximum atomic E-state index is 8.76. The minimum absolute atomic E-state index is 0.239. The summed E-state index contributed by atoms with van der Waals surface area (Å²) in [5.41, 5.74) is 7.52. The van der Waals surface area contributed by atoms with Gasteiger partial charge in [0.1, 0.15) is 5.82 Å². The third-order valence-corrected chi connectivity index (χ3v) is 3.67. The number of hydrogen-bond acceptors (Lipinski definition) is 7. The first-order valence-electron chi connectivity index (χ1n) is 6.33. The molecule has 0 radical (unpaired) electrons. The van der Waals surface area contributed by atoms with Crippen LogP contribution in [0.15, 0.2) is 24.3 Å². The van der Waals surface area contributed by atoms with Crippen molar-refractivity contribution in [2.45, 2.75) is 11.5 Å². The smallest absolute Gasteiger partial charge is 0.229 e. The van der Waals surface area contributed by atoms with Gasteiger partial charge < -0.3 is 10.6 Å². The zero-order chi connectivity index (χ0) is 15.2. The first-order valence-corrected chi connectivity index (χ1v) is 7.48. The molecule has 1 aromatic heterocycles. The highest BCUT2D eigenvalue weighted by atomic mass is 32.2. The molecule has 0 aliphatic heterocycles. The zero-order valence-corrected chi connectivity index (χ0v) is 12.8. The Morgan fingerprint density at radius 3 is 2.48 bits per heavy atom. The Kier molecular flexibility index (Phi) is 4.95. The molecule has 6 nitrogen and oxygen atoms in total. The van der Waals surface area contributed by atoms with Gasteiger partial charge in [0.25, 0.3) is 0 Å². The van der Waals surface area contributed by atoms with E-state index in [9.17, 15) is 0 Å². The summed E-state index contributed by atoms with van der Waals surface area (Å²) in [7, 11) is 3.73. The average Bonchev–Trinajstić information content (AvgIpc) is 2.47. The molecule has 2 N–H and O–H groups in total. The molecule has 0 amide bonds. The maximum Gasteiger partial charge on any atom is 0.229 e. The van der Waals surface area contributed by atoms with Gasteiger partial charge in [-0.3, -0.25) is 0 Å². The fraction of sp³-hybridized carbons (Fsp3) is 0.286. The van der Waals surface area contributed by atoms with E-state index in [4.69, 9.17) is 11.0 Å². The fourth-order valence-electron chi connectivity index (χ4n) is 1.63. The Balaban J connectivity index is 1.95. The monoisotopic (exact) mass is 300 g/mol. The lowest BCUT2D eigenvalue weighted by Crippen LogP contribution is -2.15. The van der Waals surface area contributed by atoms with Gasteiger partial charge in [-0.25, -0.2) is 0 Å². The molecular weight excluding hydrogens is 284 g/mol. The summed E-state index contributed by atoms with van der Waals surface area (Å²) in [6, 6.07) is 9.66. The van der Waals surface area contributed by atoms with E-state index in [0.29, 0.717) is 23.1 Å². The summed E-state index contributed by atoms with van der Waals surface area (Å²) in [5.74, 6) is 2.96. The van der Waals surface area contributed by atoms with Crippen LogP contribution < -0.4 is 10.6 Å². The molecule has 0 spiro atoms. The van der Waals surface area contributed by atoms with Gasteiger partial charge in [0.05, 0.1) is 17.4 Å². The molecule has 2 rings (SSSR count). The van der Waals surface area contributed by atoms with E-state index >= 15 is 0 Å². The van der Waals surface area contributed by atoms with E-state index in [1.54, 1.807) is 16.7 Å². The molecule has 0 atom stereocenters. The van der Waals surface area contributed by atoms with Crippen molar-refractivity contribution < 1.29 is 0 Å². The largest absolute Gasteiger partial charge is 0.368 e. The topological polar surface area (TPSA) is 91.7 Å². The van der Waals surface area contributed by atoms with Crippen LogP contribution in [0.4, 0.5) is 11.9 Å². The molecule has 0 saturated carbocycles. The zero-order valence-electron chi connectivity index (χ0n) is 11.9. The predicted molar refractivity (Wildman–Crippen MR) is 84.7 cm³/mol. The Morgan fingerprint density at radius 2 is 1.86 bits per heavy atom. The molecule has 0 unspecified atom stereocenters. The average molecular weight is 300 g/mol. The van der Waals surface area contributed by atoms with Crippen molar-refractivity contribution in [1.29, 1.82) is 5.26 Å². The first-order chi connectivity index (χ1) is 10.1. The van der Waals surface area contributed by atoms with Crippen LogP contribution in [-0.4, -0.2) is 29.0 Å². The molecule has 108 valence electrons. The Morgan fingerprint density at radius 1 is 1.14 bits per heavy atom. The summed E-state index contributed by atoms with van der Waals surface area (Å²) in [5, 5.41) is 8.76. The SMILES string of the molecule is CN(C)c1nc(N)nc(CSCc2ccc(C#N)cc2)n1. The number of thioether (sulfide) groups is 1. The predicted octanol–water partition coefficient (Wildman–Crippen LogP) is 1.82. The van der Waals surface area contributed by atoms with Crippen molar-refractivity contribution in [3.63, 3.8) is 0 Å². The number of nitrogen functional groups attached to an aromatic ring is 1. The molecular formula is C14H16N6S. The molecule has 1 heterocycles. The third kappa shape index (κ3) is 4.33. The van der Waals surface area contributed by atoms with E-state index in [1.165, 1.54) is 0 Å². The van der Waals surface area contributed by atoms with E-state index in [0.717, 1.165) is 11.3 Å². The molecule has 1 aromatic carbocycles. The van der Waals surface area contributed by atoms with Crippen LogP contribution >= 0.6 is 11.8 Å². The highest BCUT2D eigenvalue weighted by molar-refractivity contribution is 7.97. The highest BCUT2D eigenvalue weighted by Gasteiger charge is 2.06. The summed E-state index contributed by atoms with van der Waals surface area (Å²) in [4.78, 5) is 14.3. The van der Waals surface area contributed by atoms with Crippen LogP contribution in [0.2, 0.25) is 0 Å². The van der Waals surface area contributed by atoms with Gasteiger partial charge in [-0.15, -0.1) is 11.8 Å². The van der Waals surface area contributed by atoms with Crippen LogP contribution in [0, 0.1) is 11.3 Å². The lowest BCUT2D eigenvalue weighted by atomic mass is 10.2. The second kappa shape index (κ2) is 6.90. The van der Waals surface area contributed by atoms with Crippen LogP contribution in [0.3, 0.4) is 0 Å². The molecule has 0 bridgehead atoms. The van der Waals surface area contributed by atoms with E-state index in [-0.39, 0.29) is 5.95 Å². The van der Waals surface area contributed by atoms with Gasteiger partial charge >= 0.3 is 0 Å². The second-order valence-electron chi connectivity index (χ2n) is 4.61. The Labute approximate surface area is 128 Å². The first kappa shape index (κ1) is 15.1. The quantitative estimate of drug-likeness (QED) is 0.900. The van der Waals surface area contributed by atoms with Crippen molar-refractivity contribution in [2.75, 3.05) is 24.7 Å². The Hall–Kier alpha value is -2.33. The van der Waals surface area contributed by atoms with E-state index in [2.05, 4.69) is 21.0 Å². The number of hydrogen-bond donors (Lipinski definition) is 1. The minimum Gasteiger partial charge on any atom is -0.368 e. The molecule has 0 fully saturated rings. The van der Waals surface area contributed by atoms with Gasteiger partial charge in [-0.2, -0.15) is 20.2 Å². The summed E-state index contributed by atoms with van der Waals surface area (Å²) < 4.78 is 0. The van der Waals surface area contributed by atoms with E-state index in [1.807, 2.05) is 38.4 Å². The van der Waals surface area contributed by atoms with Gasteiger partial charge in [-0.05, 0) is 17.7 Å². The number of nitrogens with two attached hydrogens (primary N) is 1. The Bertz CT molecular complexity index is 648. The molecule has 2 aromatic rings. The molecule has 7 heteroatoms. The second-order valence-corrected chi connectivity index (χ2v) is 5.59. The van der Waals surface area contributed by atoms with Gasteiger partial charge in [0, 0.05) is 19.8 Å². The number of anilines is 2. The molecule has 21 heavy (non-hydrogen) atoms. The van der Waals surface area contributed by atoms with E-state index < -0.39 is 0 Å². The fourth-order valence-corrected chi connectivity index (χ4v) is 2.47. The number of nitriles is 1. The molecule has 0 aliphatic carbocycles. The van der Waals surface area contributed by atoms with Crippen molar-refractivity contribution in [2.24, 2.45) is 0 Å². The van der Waals surface area contributed by atoms with Crippen LogP contribution in [0.25, 0.3) is 0 Å². The van der Waals surface area contributed by atoms with Crippen molar-refractivity contribution in [1.82, 2.24) is 15.0 Å². The minimum atomic E-state index is 0.239. The number of aromatic nitrogens is 3. The van der Waals surface area contributed by atoms with Crippen LogP contribution in [0.1, 0.15) is 17.0 Å². The van der Waals surface area contributed by atoms with Crippen molar-refractivity contribution in [3.8, 4) is 6.07 Å². The van der Waals surface area contributed by atoms with Crippen molar-refractivity contribution in [3.05, 3.63) is 41.2 Å². The molecule has 0 saturated heterocycles.